The van der Waals surface area contributed by atoms with Gasteiger partial charge in [0.15, 0.2) is 6.10 Å². The van der Waals surface area contributed by atoms with E-state index < -0.39 is 18.0 Å². The number of nitrogens with zero attached hydrogens (tertiary/aromatic N) is 2. The molecule has 4 aromatic rings. The van der Waals surface area contributed by atoms with Crippen LogP contribution in [0.5, 0.6) is 0 Å². The van der Waals surface area contributed by atoms with E-state index in [1.54, 1.807) is 18.2 Å². The van der Waals surface area contributed by atoms with Crippen LogP contribution in [0, 0.1) is 11.3 Å². The fourth-order valence-electron chi connectivity index (χ4n) is 4.21. The van der Waals surface area contributed by atoms with Crippen LogP contribution in [0.4, 0.5) is 5.00 Å². The van der Waals surface area contributed by atoms with Gasteiger partial charge in [0.2, 0.25) is 0 Å². The number of para-hydroxylation sites is 2. The number of nitrogens with one attached hydrogen (secondary N) is 2. The molecule has 2 aromatic heterocycles. The third-order valence-electron chi connectivity index (χ3n) is 5.96. The smallest absolute Gasteiger partial charge is 0.339 e. The summed E-state index contributed by atoms with van der Waals surface area (Å²) in [4.78, 5) is 34.8. The minimum absolute atomic E-state index is 0.311. The Morgan fingerprint density at radius 3 is 2.74 bits per heavy atom. The van der Waals surface area contributed by atoms with Crippen molar-refractivity contribution in [2.24, 2.45) is 0 Å². The number of ether oxygens (including phenoxy) is 1. The number of nitriles is 1. The Bertz CT molecular complexity index is 1410. The van der Waals surface area contributed by atoms with Crippen LogP contribution in [-0.2, 0) is 22.4 Å². The number of esters is 1. The molecule has 0 saturated heterocycles. The van der Waals surface area contributed by atoms with Crippen molar-refractivity contribution in [3.05, 3.63) is 70.1 Å². The maximum absolute atomic E-state index is 13.0. The molecule has 0 aliphatic heterocycles. The van der Waals surface area contributed by atoms with Gasteiger partial charge >= 0.3 is 5.97 Å². The molecule has 2 heterocycles. The molecule has 1 amide bonds. The van der Waals surface area contributed by atoms with Crippen LogP contribution in [-0.4, -0.2) is 27.9 Å². The standard InChI is InChI=1S/C26H22N4O3S/c1-15(24(31)30-25-19(14-27)16-8-4-7-13-22(16)34-25)33-26(32)18-10-3-2-9-17(18)23-28-20-11-5-6-12-21(20)29-23/h2-3,5-6,9-12,15H,4,7-8,13H2,1H3,(H,28,29)(H,30,31). The number of aromatic amines is 1. The van der Waals surface area contributed by atoms with Crippen molar-refractivity contribution in [3.8, 4) is 17.5 Å². The monoisotopic (exact) mass is 470 g/mol. The number of thiophene rings is 1. The van der Waals surface area contributed by atoms with E-state index in [0.29, 0.717) is 27.5 Å². The van der Waals surface area contributed by atoms with Crippen LogP contribution in [0.25, 0.3) is 22.4 Å². The van der Waals surface area contributed by atoms with Crippen molar-refractivity contribution in [3.63, 3.8) is 0 Å². The Balaban J connectivity index is 1.34. The average molecular weight is 471 g/mol. The summed E-state index contributed by atoms with van der Waals surface area (Å²) in [5, 5.41) is 12.9. The second-order valence-corrected chi connectivity index (χ2v) is 9.32. The summed E-state index contributed by atoms with van der Waals surface area (Å²) in [6, 6.07) is 16.8. The van der Waals surface area contributed by atoms with Crippen molar-refractivity contribution < 1.29 is 14.3 Å². The number of fused-ring (bicyclic) bond motifs is 2. The molecule has 5 rings (SSSR count). The van der Waals surface area contributed by atoms with Gasteiger partial charge in [-0.1, -0.05) is 30.3 Å². The summed E-state index contributed by atoms with van der Waals surface area (Å²) in [5.74, 6) is -0.539. The fourth-order valence-corrected chi connectivity index (χ4v) is 5.45. The highest BCUT2D eigenvalue weighted by molar-refractivity contribution is 7.16. The molecule has 1 aliphatic rings. The second-order valence-electron chi connectivity index (χ2n) is 8.21. The predicted molar refractivity (Wildman–Crippen MR) is 131 cm³/mol. The molecule has 34 heavy (non-hydrogen) atoms. The molecule has 1 atom stereocenters. The lowest BCUT2D eigenvalue weighted by atomic mass is 9.96. The van der Waals surface area contributed by atoms with Crippen molar-refractivity contribution >= 4 is 39.2 Å². The first kappa shape index (κ1) is 21.9. The van der Waals surface area contributed by atoms with Crippen molar-refractivity contribution in [2.45, 2.75) is 38.7 Å². The van der Waals surface area contributed by atoms with E-state index in [0.717, 1.165) is 47.2 Å². The molecular formula is C26H22N4O3S. The summed E-state index contributed by atoms with van der Waals surface area (Å²) < 4.78 is 5.51. The molecule has 8 heteroatoms. The van der Waals surface area contributed by atoms with Gasteiger partial charge in [-0.3, -0.25) is 4.79 Å². The summed E-state index contributed by atoms with van der Waals surface area (Å²) in [5.41, 5.74) is 4.13. The van der Waals surface area contributed by atoms with E-state index in [1.165, 1.54) is 18.3 Å². The van der Waals surface area contributed by atoms with E-state index in [4.69, 9.17) is 4.74 Å². The number of hydrogen-bond donors (Lipinski definition) is 2. The molecule has 0 spiro atoms. The number of imidazole rings is 1. The van der Waals surface area contributed by atoms with Crippen LogP contribution < -0.4 is 5.32 Å². The number of carbonyl (C=O) groups is 2. The summed E-state index contributed by atoms with van der Waals surface area (Å²) in [6.07, 6.45) is 2.87. The largest absolute Gasteiger partial charge is 0.449 e. The molecule has 0 fully saturated rings. The number of hydrogen-bond acceptors (Lipinski definition) is 6. The minimum atomic E-state index is -1.04. The van der Waals surface area contributed by atoms with Gasteiger partial charge in [0.05, 0.1) is 22.2 Å². The Labute approximate surface area is 200 Å². The van der Waals surface area contributed by atoms with Crippen LogP contribution >= 0.6 is 11.3 Å². The molecular weight excluding hydrogens is 448 g/mol. The number of H-pyrrole nitrogens is 1. The number of carbonyl (C=O) groups excluding carboxylic acids is 2. The van der Waals surface area contributed by atoms with E-state index in [1.807, 2.05) is 30.3 Å². The average Bonchev–Trinajstić information content (AvgIpc) is 3.44. The Morgan fingerprint density at radius 1 is 1.15 bits per heavy atom. The second kappa shape index (κ2) is 9.12. The minimum Gasteiger partial charge on any atom is -0.449 e. The number of rotatable bonds is 5. The number of benzene rings is 2. The molecule has 0 bridgehead atoms. The molecule has 1 unspecified atom stereocenters. The predicted octanol–water partition coefficient (Wildman–Crippen LogP) is 5.23. The maximum atomic E-state index is 13.0. The van der Waals surface area contributed by atoms with Gasteiger partial charge in [-0.05, 0) is 56.4 Å². The van der Waals surface area contributed by atoms with Gasteiger partial charge in [0, 0.05) is 10.4 Å². The van der Waals surface area contributed by atoms with Crippen LogP contribution in [0.2, 0.25) is 0 Å². The lowest BCUT2D eigenvalue weighted by molar-refractivity contribution is -0.123. The van der Waals surface area contributed by atoms with Crippen molar-refractivity contribution in [2.75, 3.05) is 5.32 Å². The van der Waals surface area contributed by atoms with Gasteiger partial charge in [-0.2, -0.15) is 5.26 Å². The van der Waals surface area contributed by atoms with Gasteiger partial charge in [-0.25, -0.2) is 9.78 Å². The molecule has 170 valence electrons. The Morgan fingerprint density at radius 2 is 1.91 bits per heavy atom. The lowest BCUT2D eigenvalue weighted by Gasteiger charge is -2.14. The van der Waals surface area contributed by atoms with Crippen LogP contribution in [0.1, 0.15) is 46.1 Å². The number of aryl methyl sites for hydroxylation is 1. The highest BCUT2D eigenvalue weighted by Crippen LogP contribution is 2.37. The topological polar surface area (TPSA) is 108 Å². The zero-order chi connectivity index (χ0) is 23.7. The highest BCUT2D eigenvalue weighted by Gasteiger charge is 2.26. The van der Waals surface area contributed by atoms with Gasteiger partial charge in [0.1, 0.15) is 16.9 Å². The number of amides is 1. The Kier molecular flexibility index (Phi) is 5.86. The van der Waals surface area contributed by atoms with E-state index in [9.17, 15) is 14.9 Å². The van der Waals surface area contributed by atoms with E-state index in [2.05, 4.69) is 21.4 Å². The molecule has 0 saturated carbocycles. The lowest BCUT2D eigenvalue weighted by Crippen LogP contribution is -2.30. The number of anilines is 1. The van der Waals surface area contributed by atoms with Gasteiger partial charge < -0.3 is 15.0 Å². The molecule has 1 aliphatic carbocycles. The third kappa shape index (κ3) is 4.06. The molecule has 2 N–H and O–H groups in total. The van der Waals surface area contributed by atoms with Gasteiger partial charge in [-0.15, -0.1) is 11.3 Å². The normalized spacial score (nSPS) is 13.6. The zero-order valence-electron chi connectivity index (χ0n) is 18.6. The van der Waals surface area contributed by atoms with Crippen molar-refractivity contribution in [1.82, 2.24) is 9.97 Å². The Hall–Kier alpha value is -3.96. The van der Waals surface area contributed by atoms with Crippen molar-refractivity contribution in [1.29, 1.82) is 5.26 Å². The zero-order valence-corrected chi connectivity index (χ0v) is 19.4. The molecule has 2 aromatic carbocycles. The summed E-state index contributed by atoms with van der Waals surface area (Å²) in [7, 11) is 0. The first-order chi connectivity index (χ1) is 16.5. The van der Waals surface area contributed by atoms with Gasteiger partial charge in [0.25, 0.3) is 5.91 Å². The quantitative estimate of drug-likeness (QED) is 0.389. The first-order valence-electron chi connectivity index (χ1n) is 11.2. The van der Waals surface area contributed by atoms with Crippen LogP contribution in [0.3, 0.4) is 0 Å². The summed E-state index contributed by atoms with van der Waals surface area (Å²) >= 11 is 1.44. The van der Waals surface area contributed by atoms with Crippen LogP contribution in [0.15, 0.2) is 48.5 Å². The molecule has 7 nitrogen and oxygen atoms in total. The first-order valence-corrected chi connectivity index (χ1v) is 12.0. The molecule has 0 radical (unpaired) electrons. The van der Waals surface area contributed by atoms with E-state index >= 15 is 0 Å². The SMILES string of the molecule is CC(OC(=O)c1ccccc1-c1nc2ccccc2[nH]1)C(=O)Nc1sc2c(c1C#N)CCCC2. The third-order valence-corrected chi connectivity index (χ3v) is 7.17. The van der Waals surface area contributed by atoms with E-state index in [-0.39, 0.29) is 0 Å². The number of aromatic nitrogens is 2. The maximum Gasteiger partial charge on any atom is 0.339 e. The fraction of sp³-hybridized carbons (Fsp3) is 0.231. The summed E-state index contributed by atoms with van der Waals surface area (Å²) in [6.45, 7) is 1.52. The highest BCUT2D eigenvalue weighted by atomic mass is 32.1.